The van der Waals surface area contributed by atoms with E-state index in [9.17, 15) is 13.2 Å². The van der Waals surface area contributed by atoms with Gasteiger partial charge in [-0.05, 0) is 36.6 Å². The Kier molecular flexibility index (Phi) is 4.42. The third-order valence-electron chi connectivity index (χ3n) is 2.20. The molecular formula is C12H12ClF3. The molecule has 0 heterocycles. The molecule has 0 aliphatic heterocycles. The minimum atomic E-state index is -4.29. The third-order valence-corrected chi connectivity index (χ3v) is 2.42. The Morgan fingerprint density at radius 1 is 1.38 bits per heavy atom. The number of hydrogen-bond acceptors (Lipinski definition) is 0. The van der Waals surface area contributed by atoms with Crippen LogP contribution >= 0.6 is 11.6 Å². The van der Waals surface area contributed by atoms with E-state index in [4.69, 9.17) is 11.6 Å². The fraction of sp³-hybridized carbons (Fsp3) is 0.333. The van der Waals surface area contributed by atoms with Gasteiger partial charge in [0.15, 0.2) is 0 Å². The largest absolute Gasteiger partial charge is 0.416 e. The van der Waals surface area contributed by atoms with Gasteiger partial charge in [0, 0.05) is 5.88 Å². The average molecular weight is 249 g/mol. The topological polar surface area (TPSA) is 0 Å². The Morgan fingerprint density at radius 3 is 2.62 bits per heavy atom. The van der Waals surface area contributed by atoms with Gasteiger partial charge in [0.25, 0.3) is 0 Å². The molecular weight excluding hydrogens is 237 g/mol. The highest BCUT2D eigenvalue weighted by Crippen LogP contribution is 2.30. The highest BCUT2D eigenvalue weighted by Gasteiger charge is 2.30. The van der Waals surface area contributed by atoms with Crippen molar-refractivity contribution < 1.29 is 13.2 Å². The zero-order chi connectivity index (χ0) is 12.2. The first-order valence-electron chi connectivity index (χ1n) is 4.85. The first kappa shape index (κ1) is 13.1. The van der Waals surface area contributed by atoms with E-state index in [1.54, 1.807) is 13.0 Å². The van der Waals surface area contributed by atoms with Crippen LogP contribution < -0.4 is 0 Å². The van der Waals surface area contributed by atoms with Crippen LogP contribution in [0.1, 0.15) is 24.5 Å². The standard InChI is InChI=1S/C12H12ClF3/c1-9(4-3-7-13)10-5-2-6-11(8-10)12(14,15)16/h2,4-6,8H,3,7H2,1H3/b9-4+. The van der Waals surface area contributed by atoms with E-state index in [2.05, 4.69) is 0 Å². The summed E-state index contributed by atoms with van der Waals surface area (Å²) in [7, 11) is 0. The van der Waals surface area contributed by atoms with Gasteiger partial charge in [-0.15, -0.1) is 11.6 Å². The molecule has 0 spiro atoms. The molecule has 0 bridgehead atoms. The zero-order valence-corrected chi connectivity index (χ0v) is 9.57. The maximum absolute atomic E-state index is 12.4. The van der Waals surface area contributed by atoms with Crippen molar-refractivity contribution in [2.24, 2.45) is 0 Å². The van der Waals surface area contributed by atoms with Crippen LogP contribution in [0.2, 0.25) is 0 Å². The maximum atomic E-state index is 12.4. The van der Waals surface area contributed by atoms with Gasteiger partial charge in [0.1, 0.15) is 0 Å². The fourth-order valence-electron chi connectivity index (χ4n) is 1.33. The molecule has 1 rings (SSSR count). The van der Waals surface area contributed by atoms with Crippen molar-refractivity contribution in [3.8, 4) is 0 Å². The summed E-state index contributed by atoms with van der Waals surface area (Å²) in [6.45, 7) is 1.78. The van der Waals surface area contributed by atoms with E-state index in [1.807, 2.05) is 6.08 Å². The van der Waals surface area contributed by atoms with E-state index in [0.717, 1.165) is 17.7 Å². The summed E-state index contributed by atoms with van der Waals surface area (Å²) in [5, 5.41) is 0. The molecule has 0 aliphatic carbocycles. The molecule has 0 unspecified atom stereocenters. The van der Waals surface area contributed by atoms with E-state index in [0.29, 0.717) is 17.9 Å². The molecule has 16 heavy (non-hydrogen) atoms. The predicted molar refractivity (Wildman–Crippen MR) is 60.4 cm³/mol. The van der Waals surface area contributed by atoms with Crippen molar-refractivity contribution in [1.29, 1.82) is 0 Å². The lowest BCUT2D eigenvalue weighted by Gasteiger charge is -2.08. The zero-order valence-electron chi connectivity index (χ0n) is 8.81. The van der Waals surface area contributed by atoms with E-state index < -0.39 is 11.7 Å². The number of allylic oxidation sites excluding steroid dienone is 2. The summed E-state index contributed by atoms with van der Waals surface area (Å²) in [6.07, 6.45) is -1.80. The Balaban J connectivity index is 2.99. The Morgan fingerprint density at radius 2 is 2.06 bits per heavy atom. The van der Waals surface area contributed by atoms with E-state index >= 15 is 0 Å². The Labute approximate surface area is 97.7 Å². The first-order valence-corrected chi connectivity index (χ1v) is 5.39. The van der Waals surface area contributed by atoms with Crippen molar-refractivity contribution in [1.82, 2.24) is 0 Å². The second kappa shape index (κ2) is 5.39. The first-order chi connectivity index (χ1) is 7.45. The molecule has 0 aliphatic rings. The summed E-state index contributed by atoms with van der Waals surface area (Å²) in [5.74, 6) is 0.469. The number of rotatable bonds is 3. The summed E-state index contributed by atoms with van der Waals surface area (Å²) in [5.41, 5.74) is 0.773. The maximum Gasteiger partial charge on any atom is 0.416 e. The van der Waals surface area contributed by atoms with Crippen LogP contribution in [0.25, 0.3) is 5.57 Å². The van der Waals surface area contributed by atoms with Gasteiger partial charge in [0.2, 0.25) is 0 Å². The van der Waals surface area contributed by atoms with Crippen molar-refractivity contribution in [2.45, 2.75) is 19.5 Å². The fourth-order valence-corrected chi connectivity index (χ4v) is 1.44. The van der Waals surface area contributed by atoms with Gasteiger partial charge < -0.3 is 0 Å². The lowest BCUT2D eigenvalue weighted by molar-refractivity contribution is -0.137. The summed E-state index contributed by atoms with van der Waals surface area (Å²) in [4.78, 5) is 0. The molecule has 1 aromatic rings. The second-order valence-corrected chi connectivity index (χ2v) is 3.82. The summed E-state index contributed by atoms with van der Waals surface area (Å²) >= 11 is 5.51. The van der Waals surface area contributed by atoms with Crippen molar-refractivity contribution in [3.05, 3.63) is 41.5 Å². The SMILES string of the molecule is C/C(=C\CCCl)c1cccc(C(F)(F)F)c1. The number of hydrogen-bond donors (Lipinski definition) is 0. The molecule has 0 atom stereocenters. The van der Waals surface area contributed by atoms with Crippen LogP contribution in [0.3, 0.4) is 0 Å². The lowest BCUT2D eigenvalue weighted by Crippen LogP contribution is -2.04. The molecule has 88 valence electrons. The highest BCUT2D eigenvalue weighted by atomic mass is 35.5. The number of halogens is 4. The molecule has 0 aromatic heterocycles. The van der Waals surface area contributed by atoms with Gasteiger partial charge in [0.05, 0.1) is 5.56 Å². The van der Waals surface area contributed by atoms with Crippen molar-refractivity contribution >= 4 is 17.2 Å². The normalized spacial score (nSPS) is 12.9. The number of alkyl halides is 4. The quantitative estimate of drug-likeness (QED) is 0.678. The van der Waals surface area contributed by atoms with Gasteiger partial charge >= 0.3 is 6.18 Å². The Bertz CT molecular complexity index is 380. The molecule has 0 N–H and O–H groups in total. The van der Waals surface area contributed by atoms with Gasteiger partial charge in [-0.2, -0.15) is 13.2 Å². The molecule has 0 nitrogen and oxygen atoms in total. The van der Waals surface area contributed by atoms with Gasteiger partial charge in [-0.25, -0.2) is 0 Å². The summed E-state index contributed by atoms with van der Waals surface area (Å²) < 4.78 is 37.3. The van der Waals surface area contributed by atoms with Gasteiger partial charge in [-0.1, -0.05) is 18.2 Å². The molecule has 0 saturated heterocycles. The monoisotopic (exact) mass is 248 g/mol. The average Bonchev–Trinajstić information content (AvgIpc) is 2.25. The minimum absolute atomic E-state index is 0.469. The predicted octanol–water partition coefficient (Wildman–Crippen LogP) is 4.74. The van der Waals surface area contributed by atoms with Crippen LogP contribution in [-0.4, -0.2) is 5.88 Å². The van der Waals surface area contributed by atoms with Crippen LogP contribution in [-0.2, 0) is 6.18 Å². The summed E-state index contributed by atoms with van der Waals surface area (Å²) in [6, 6.07) is 5.30. The highest BCUT2D eigenvalue weighted by molar-refractivity contribution is 6.17. The second-order valence-electron chi connectivity index (χ2n) is 3.44. The van der Waals surface area contributed by atoms with Crippen LogP contribution in [0.5, 0.6) is 0 Å². The Hall–Kier alpha value is -0.960. The molecule has 0 radical (unpaired) electrons. The third kappa shape index (κ3) is 3.56. The molecule has 0 saturated carbocycles. The molecule has 0 amide bonds. The van der Waals surface area contributed by atoms with Crippen LogP contribution in [0, 0.1) is 0 Å². The van der Waals surface area contributed by atoms with E-state index in [-0.39, 0.29) is 0 Å². The van der Waals surface area contributed by atoms with Crippen molar-refractivity contribution in [2.75, 3.05) is 5.88 Å². The molecule has 4 heteroatoms. The lowest BCUT2D eigenvalue weighted by atomic mass is 10.0. The van der Waals surface area contributed by atoms with Crippen molar-refractivity contribution in [3.63, 3.8) is 0 Å². The molecule has 0 fully saturated rings. The van der Waals surface area contributed by atoms with E-state index in [1.165, 1.54) is 6.07 Å². The van der Waals surface area contributed by atoms with Crippen LogP contribution in [0.15, 0.2) is 30.3 Å². The number of benzene rings is 1. The smallest absolute Gasteiger partial charge is 0.166 e. The minimum Gasteiger partial charge on any atom is -0.166 e. The van der Waals surface area contributed by atoms with Gasteiger partial charge in [-0.3, -0.25) is 0 Å². The van der Waals surface area contributed by atoms with Crippen LogP contribution in [0.4, 0.5) is 13.2 Å². The molecule has 1 aromatic carbocycles.